The minimum Gasteiger partial charge on any atom is -0.393 e. The first-order valence-electron chi connectivity index (χ1n) is 1.94. The molecule has 1 unspecified atom stereocenters. The first-order valence-corrected chi connectivity index (χ1v) is 2.93. The van der Waals surface area contributed by atoms with Gasteiger partial charge in [0.25, 0.3) is 0 Å². The van der Waals surface area contributed by atoms with Crippen LogP contribution in [0.2, 0.25) is 0 Å². The summed E-state index contributed by atoms with van der Waals surface area (Å²) in [5.41, 5.74) is 5.13. The van der Waals surface area contributed by atoms with E-state index in [1.165, 1.54) is 0 Å². The summed E-state index contributed by atoms with van der Waals surface area (Å²) in [7, 11) is 0. The largest absolute Gasteiger partial charge is 0.393 e. The predicted octanol–water partition coefficient (Wildman–Crippen LogP) is -0.369. The monoisotopic (exact) mass is 153 g/mol. The fraction of sp³-hybridized carbons (Fsp3) is 0.667. The molecular formula is C3H7NO2S2. The second-order valence-electron chi connectivity index (χ2n) is 1.20. The van der Waals surface area contributed by atoms with Crippen molar-refractivity contribution in [2.45, 2.75) is 6.04 Å². The van der Waals surface area contributed by atoms with Crippen LogP contribution in [0.1, 0.15) is 0 Å². The Morgan fingerprint density at radius 3 is 2.50 bits per heavy atom. The maximum Gasteiger partial charge on any atom is 0.335 e. The first kappa shape index (κ1) is 8.13. The number of carbonyl (C=O) groups excluding carboxylic acids is 1. The number of carbonyl (C=O) groups is 1. The van der Waals surface area contributed by atoms with Gasteiger partial charge in [-0.1, -0.05) is 0 Å². The van der Waals surface area contributed by atoms with Crippen molar-refractivity contribution < 1.29 is 8.98 Å². The number of hydrogen-bond acceptors (Lipinski definition) is 5. The number of nitrogens with two attached hydrogens (primary N) is 1. The molecule has 0 fully saturated rings. The van der Waals surface area contributed by atoms with Crippen molar-refractivity contribution in [3.05, 3.63) is 0 Å². The standard InChI is InChI=1S/C3H7NO2S2/c4-2(1-7)3(5)6-8/h2,7-8H,1,4H2. The van der Waals surface area contributed by atoms with E-state index in [0.29, 0.717) is 0 Å². The van der Waals surface area contributed by atoms with E-state index in [2.05, 4.69) is 29.7 Å². The van der Waals surface area contributed by atoms with Gasteiger partial charge < -0.3 is 9.92 Å². The highest BCUT2D eigenvalue weighted by Gasteiger charge is 2.10. The molecule has 2 N–H and O–H groups in total. The van der Waals surface area contributed by atoms with Crippen LogP contribution in [0.25, 0.3) is 0 Å². The molecule has 0 aromatic rings. The summed E-state index contributed by atoms with van der Waals surface area (Å²) in [5, 5.41) is 0. The van der Waals surface area contributed by atoms with E-state index < -0.39 is 12.0 Å². The van der Waals surface area contributed by atoms with Crippen LogP contribution in [0.15, 0.2) is 0 Å². The molecule has 0 amide bonds. The number of rotatable bonds is 2. The Labute approximate surface area is 58.6 Å². The zero-order chi connectivity index (χ0) is 6.57. The molecule has 3 nitrogen and oxygen atoms in total. The van der Waals surface area contributed by atoms with Gasteiger partial charge in [-0.3, -0.25) is 0 Å². The van der Waals surface area contributed by atoms with Crippen LogP contribution in [-0.2, 0) is 8.98 Å². The number of hydrogen-bond donors (Lipinski definition) is 3. The van der Waals surface area contributed by atoms with Crippen LogP contribution in [0.3, 0.4) is 0 Å². The lowest BCUT2D eigenvalue weighted by molar-refractivity contribution is -0.133. The molecule has 0 heterocycles. The van der Waals surface area contributed by atoms with Gasteiger partial charge in [-0.2, -0.15) is 12.6 Å². The molecule has 0 rings (SSSR count). The summed E-state index contributed by atoms with van der Waals surface area (Å²) < 4.78 is 3.98. The Balaban J connectivity index is 3.46. The van der Waals surface area contributed by atoms with Gasteiger partial charge in [-0.25, -0.2) is 4.79 Å². The van der Waals surface area contributed by atoms with Crippen molar-refractivity contribution in [3.8, 4) is 0 Å². The third-order valence-corrected chi connectivity index (χ3v) is 1.16. The fourth-order valence-corrected chi connectivity index (χ4v) is 0.427. The first-order chi connectivity index (χ1) is 3.72. The molecule has 0 saturated carbocycles. The molecule has 0 radical (unpaired) electrons. The van der Waals surface area contributed by atoms with Gasteiger partial charge in [0.05, 0.1) is 0 Å². The average molecular weight is 153 g/mol. The third-order valence-electron chi connectivity index (χ3n) is 0.589. The SMILES string of the molecule is NC(CS)C(=O)OS. The Morgan fingerprint density at radius 1 is 1.88 bits per heavy atom. The van der Waals surface area contributed by atoms with Crippen molar-refractivity contribution in [1.29, 1.82) is 0 Å². The molecule has 0 aliphatic heterocycles. The van der Waals surface area contributed by atoms with Gasteiger partial charge in [0.2, 0.25) is 0 Å². The van der Waals surface area contributed by atoms with Gasteiger partial charge >= 0.3 is 5.97 Å². The van der Waals surface area contributed by atoms with E-state index in [0.717, 1.165) is 0 Å². The molecule has 0 saturated heterocycles. The molecule has 0 aromatic heterocycles. The van der Waals surface area contributed by atoms with Crippen LogP contribution < -0.4 is 5.73 Å². The molecule has 0 aromatic carbocycles. The Hall–Kier alpha value is 0.130. The van der Waals surface area contributed by atoms with E-state index in [4.69, 9.17) is 5.73 Å². The summed E-state index contributed by atoms with van der Waals surface area (Å²) >= 11 is 6.99. The minimum absolute atomic E-state index is 0.277. The quantitative estimate of drug-likeness (QED) is 0.375. The highest BCUT2D eigenvalue weighted by atomic mass is 32.1. The van der Waals surface area contributed by atoms with Crippen molar-refractivity contribution in [1.82, 2.24) is 0 Å². The molecule has 0 spiro atoms. The topological polar surface area (TPSA) is 52.3 Å². The van der Waals surface area contributed by atoms with Crippen molar-refractivity contribution in [2.24, 2.45) is 5.73 Å². The van der Waals surface area contributed by atoms with Crippen LogP contribution in [0.5, 0.6) is 0 Å². The van der Waals surface area contributed by atoms with Crippen molar-refractivity contribution in [3.63, 3.8) is 0 Å². The third kappa shape index (κ3) is 2.44. The molecule has 0 aliphatic rings. The summed E-state index contributed by atoms with van der Waals surface area (Å²) in [6.07, 6.45) is 0. The molecule has 8 heavy (non-hydrogen) atoms. The Morgan fingerprint density at radius 2 is 2.38 bits per heavy atom. The average Bonchev–Trinajstić information content (AvgIpc) is 1.84. The molecule has 0 aliphatic carbocycles. The highest BCUT2D eigenvalue weighted by molar-refractivity contribution is 7.80. The smallest absolute Gasteiger partial charge is 0.335 e. The lowest BCUT2D eigenvalue weighted by Crippen LogP contribution is -2.32. The van der Waals surface area contributed by atoms with Gasteiger partial charge in [0.1, 0.15) is 6.04 Å². The van der Waals surface area contributed by atoms with Gasteiger partial charge in [-0.05, 0) is 0 Å². The van der Waals surface area contributed by atoms with Gasteiger partial charge in [0, 0.05) is 18.7 Å². The zero-order valence-electron chi connectivity index (χ0n) is 4.07. The normalized spacial score (nSPS) is 12.9. The lowest BCUT2D eigenvalue weighted by Gasteiger charge is -2.01. The molecular weight excluding hydrogens is 146 g/mol. The maximum atomic E-state index is 10.3. The zero-order valence-corrected chi connectivity index (χ0v) is 5.86. The summed E-state index contributed by atoms with van der Waals surface area (Å²) in [6, 6.07) is -0.657. The molecule has 48 valence electrons. The van der Waals surface area contributed by atoms with E-state index in [-0.39, 0.29) is 5.75 Å². The summed E-state index contributed by atoms with van der Waals surface area (Å²) in [6.45, 7) is 0. The Bertz CT molecular complexity index is 87.4. The van der Waals surface area contributed by atoms with E-state index in [1.54, 1.807) is 0 Å². The van der Waals surface area contributed by atoms with Crippen molar-refractivity contribution >= 4 is 31.5 Å². The van der Waals surface area contributed by atoms with Crippen LogP contribution in [-0.4, -0.2) is 17.8 Å². The van der Waals surface area contributed by atoms with Crippen LogP contribution in [0.4, 0.5) is 0 Å². The van der Waals surface area contributed by atoms with E-state index in [9.17, 15) is 4.79 Å². The highest BCUT2D eigenvalue weighted by Crippen LogP contribution is 1.89. The molecule has 0 bridgehead atoms. The fourth-order valence-electron chi connectivity index (χ4n) is 0.142. The minimum atomic E-state index is -0.657. The van der Waals surface area contributed by atoms with Crippen LogP contribution in [0, 0.1) is 0 Å². The molecule has 1 atom stereocenters. The Kier molecular flexibility index (Phi) is 4.12. The van der Waals surface area contributed by atoms with Gasteiger partial charge in [0.15, 0.2) is 0 Å². The second-order valence-corrected chi connectivity index (χ2v) is 1.75. The molecule has 5 heteroatoms. The van der Waals surface area contributed by atoms with Gasteiger partial charge in [-0.15, -0.1) is 0 Å². The summed E-state index contributed by atoms with van der Waals surface area (Å²) in [5.74, 6) is -0.275. The number of thiol groups is 2. The predicted molar refractivity (Wildman–Crippen MR) is 36.9 cm³/mol. The maximum absolute atomic E-state index is 10.3. The van der Waals surface area contributed by atoms with E-state index >= 15 is 0 Å². The summed E-state index contributed by atoms with van der Waals surface area (Å²) in [4.78, 5) is 10.3. The van der Waals surface area contributed by atoms with Crippen molar-refractivity contribution in [2.75, 3.05) is 5.75 Å². The second kappa shape index (κ2) is 4.05. The van der Waals surface area contributed by atoms with E-state index in [1.807, 2.05) is 0 Å². The lowest BCUT2D eigenvalue weighted by atomic mass is 10.4. The van der Waals surface area contributed by atoms with Crippen LogP contribution >= 0.6 is 25.5 Å².